The monoisotopic (exact) mass is 269 g/mol. The third-order valence-corrected chi connectivity index (χ3v) is 3.28. The van der Waals surface area contributed by atoms with Crippen LogP contribution in [0.25, 0.3) is 0 Å². The van der Waals surface area contributed by atoms with Crippen molar-refractivity contribution in [3.63, 3.8) is 0 Å². The molecular weight excluding hydrogens is 257 g/mol. The smallest absolute Gasteiger partial charge is 0.104 e. The van der Waals surface area contributed by atoms with Crippen LogP contribution in [0.2, 0.25) is 10.0 Å². The maximum Gasteiger partial charge on any atom is 0.104 e. The molecular formula is C13H13Cl2NO. The molecule has 0 radical (unpaired) electrons. The topological polar surface area (TPSA) is 39.2 Å². The Labute approximate surface area is 110 Å². The van der Waals surface area contributed by atoms with Crippen LogP contribution in [-0.4, -0.2) is 6.54 Å². The summed E-state index contributed by atoms with van der Waals surface area (Å²) in [5, 5.41) is 1.28. The molecule has 0 saturated carbocycles. The van der Waals surface area contributed by atoms with Gasteiger partial charge in [-0.15, -0.1) is 0 Å². The zero-order valence-corrected chi connectivity index (χ0v) is 10.7. The summed E-state index contributed by atoms with van der Waals surface area (Å²) >= 11 is 12.0. The fraction of sp³-hybridized carbons (Fsp3) is 0.231. The van der Waals surface area contributed by atoms with Gasteiger partial charge in [0.2, 0.25) is 0 Å². The summed E-state index contributed by atoms with van der Waals surface area (Å²) < 4.78 is 5.33. The van der Waals surface area contributed by atoms with Gasteiger partial charge in [0.15, 0.2) is 0 Å². The molecule has 0 spiro atoms. The molecule has 1 unspecified atom stereocenters. The lowest BCUT2D eigenvalue weighted by atomic mass is 9.95. The highest BCUT2D eigenvalue weighted by Crippen LogP contribution is 2.29. The SMILES string of the molecule is NCC(Cc1ccco1)c1ccc(Cl)cc1Cl. The summed E-state index contributed by atoms with van der Waals surface area (Å²) in [5.74, 6) is 1.05. The fourth-order valence-electron chi connectivity index (χ4n) is 1.82. The van der Waals surface area contributed by atoms with Crippen molar-refractivity contribution < 1.29 is 4.42 Å². The number of nitrogens with two attached hydrogens (primary N) is 1. The number of rotatable bonds is 4. The molecule has 1 atom stereocenters. The van der Waals surface area contributed by atoms with E-state index in [2.05, 4.69) is 0 Å². The zero-order chi connectivity index (χ0) is 12.3. The van der Waals surface area contributed by atoms with Crippen molar-refractivity contribution in [2.45, 2.75) is 12.3 Å². The largest absolute Gasteiger partial charge is 0.469 e. The normalized spacial score (nSPS) is 12.6. The third kappa shape index (κ3) is 3.03. The van der Waals surface area contributed by atoms with Crippen molar-refractivity contribution in [2.75, 3.05) is 6.54 Å². The van der Waals surface area contributed by atoms with E-state index < -0.39 is 0 Å². The zero-order valence-electron chi connectivity index (χ0n) is 9.20. The first kappa shape index (κ1) is 12.5. The summed E-state index contributed by atoms with van der Waals surface area (Å²) in [4.78, 5) is 0. The molecule has 1 aromatic heterocycles. The van der Waals surface area contributed by atoms with Gasteiger partial charge < -0.3 is 10.2 Å². The van der Waals surface area contributed by atoms with Gasteiger partial charge in [0, 0.05) is 22.4 Å². The molecule has 1 heterocycles. The molecule has 0 amide bonds. The number of hydrogen-bond acceptors (Lipinski definition) is 2. The van der Waals surface area contributed by atoms with Crippen molar-refractivity contribution in [3.05, 3.63) is 58.0 Å². The van der Waals surface area contributed by atoms with Gasteiger partial charge in [-0.1, -0.05) is 29.3 Å². The second-order valence-corrected chi connectivity index (χ2v) is 4.73. The van der Waals surface area contributed by atoms with Gasteiger partial charge in [-0.3, -0.25) is 0 Å². The van der Waals surface area contributed by atoms with E-state index in [-0.39, 0.29) is 5.92 Å². The van der Waals surface area contributed by atoms with Crippen molar-refractivity contribution in [3.8, 4) is 0 Å². The van der Waals surface area contributed by atoms with Gasteiger partial charge >= 0.3 is 0 Å². The summed E-state index contributed by atoms with van der Waals surface area (Å²) in [6, 6.07) is 9.29. The lowest BCUT2D eigenvalue weighted by Gasteiger charge is -2.15. The van der Waals surface area contributed by atoms with E-state index in [1.165, 1.54) is 0 Å². The van der Waals surface area contributed by atoms with E-state index in [0.29, 0.717) is 16.6 Å². The van der Waals surface area contributed by atoms with Gasteiger partial charge in [0.25, 0.3) is 0 Å². The number of benzene rings is 1. The minimum atomic E-state index is 0.144. The Balaban J connectivity index is 2.23. The summed E-state index contributed by atoms with van der Waals surface area (Å²) in [5.41, 5.74) is 6.80. The van der Waals surface area contributed by atoms with Crippen LogP contribution in [0.3, 0.4) is 0 Å². The second-order valence-electron chi connectivity index (χ2n) is 3.88. The van der Waals surface area contributed by atoms with Gasteiger partial charge in [-0.25, -0.2) is 0 Å². The quantitative estimate of drug-likeness (QED) is 0.915. The van der Waals surface area contributed by atoms with Gasteiger partial charge in [0.05, 0.1) is 6.26 Å². The van der Waals surface area contributed by atoms with Crippen LogP contribution in [0.1, 0.15) is 17.2 Å². The number of furan rings is 1. The fourth-order valence-corrected chi connectivity index (χ4v) is 2.39. The Kier molecular flexibility index (Phi) is 4.11. The predicted molar refractivity (Wildman–Crippen MR) is 70.7 cm³/mol. The van der Waals surface area contributed by atoms with Crippen LogP contribution >= 0.6 is 23.2 Å². The van der Waals surface area contributed by atoms with E-state index in [1.54, 1.807) is 12.3 Å². The van der Waals surface area contributed by atoms with E-state index in [1.807, 2.05) is 24.3 Å². The highest BCUT2D eigenvalue weighted by molar-refractivity contribution is 6.35. The van der Waals surface area contributed by atoms with Gasteiger partial charge in [-0.05, 0) is 36.4 Å². The molecule has 0 aliphatic rings. The van der Waals surface area contributed by atoms with Crippen LogP contribution in [-0.2, 0) is 6.42 Å². The van der Waals surface area contributed by atoms with E-state index in [9.17, 15) is 0 Å². The average molecular weight is 270 g/mol. The standard InChI is InChI=1S/C13H13Cl2NO/c14-10-3-4-12(13(15)7-10)9(8-16)6-11-2-1-5-17-11/h1-5,7,9H,6,8,16H2. The van der Waals surface area contributed by atoms with Crippen LogP contribution in [0.5, 0.6) is 0 Å². The van der Waals surface area contributed by atoms with Crippen LogP contribution in [0.15, 0.2) is 41.0 Å². The maximum atomic E-state index is 6.17. The molecule has 17 heavy (non-hydrogen) atoms. The molecule has 1 aromatic carbocycles. The molecule has 2 N–H and O–H groups in total. The van der Waals surface area contributed by atoms with Gasteiger partial charge in [-0.2, -0.15) is 0 Å². The minimum absolute atomic E-state index is 0.144. The molecule has 0 fully saturated rings. The van der Waals surface area contributed by atoms with Crippen molar-refractivity contribution >= 4 is 23.2 Å². The summed E-state index contributed by atoms with van der Waals surface area (Å²) in [6.07, 6.45) is 2.40. The van der Waals surface area contributed by atoms with Crippen LogP contribution in [0, 0.1) is 0 Å². The Bertz CT molecular complexity index is 482. The molecule has 2 rings (SSSR count). The number of hydrogen-bond donors (Lipinski definition) is 1. The first-order valence-corrected chi connectivity index (χ1v) is 6.13. The Morgan fingerprint density at radius 1 is 1.24 bits per heavy atom. The Morgan fingerprint density at radius 2 is 2.06 bits per heavy atom. The van der Waals surface area contributed by atoms with E-state index >= 15 is 0 Å². The van der Waals surface area contributed by atoms with E-state index in [4.69, 9.17) is 33.4 Å². The Hall–Kier alpha value is -0.960. The number of halogens is 2. The molecule has 0 aliphatic heterocycles. The first-order chi connectivity index (χ1) is 8.20. The molecule has 2 nitrogen and oxygen atoms in total. The van der Waals surface area contributed by atoms with E-state index in [0.717, 1.165) is 17.7 Å². The first-order valence-electron chi connectivity index (χ1n) is 5.38. The molecule has 2 aromatic rings. The maximum absolute atomic E-state index is 6.17. The third-order valence-electron chi connectivity index (χ3n) is 2.71. The Morgan fingerprint density at radius 3 is 2.65 bits per heavy atom. The molecule has 0 aliphatic carbocycles. The highest BCUT2D eigenvalue weighted by Gasteiger charge is 2.15. The van der Waals surface area contributed by atoms with Crippen molar-refractivity contribution in [2.24, 2.45) is 5.73 Å². The average Bonchev–Trinajstić information content (AvgIpc) is 2.79. The van der Waals surface area contributed by atoms with Gasteiger partial charge in [0.1, 0.15) is 5.76 Å². The minimum Gasteiger partial charge on any atom is -0.469 e. The molecule has 90 valence electrons. The van der Waals surface area contributed by atoms with Crippen LogP contribution < -0.4 is 5.73 Å². The lowest BCUT2D eigenvalue weighted by Crippen LogP contribution is -2.15. The summed E-state index contributed by atoms with van der Waals surface area (Å²) in [7, 11) is 0. The van der Waals surface area contributed by atoms with Crippen LogP contribution in [0.4, 0.5) is 0 Å². The molecule has 4 heteroatoms. The summed E-state index contributed by atoms with van der Waals surface area (Å²) in [6.45, 7) is 0.516. The molecule has 0 saturated heterocycles. The molecule has 0 bridgehead atoms. The highest BCUT2D eigenvalue weighted by atomic mass is 35.5. The lowest BCUT2D eigenvalue weighted by molar-refractivity contribution is 0.487. The van der Waals surface area contributed by atoms with Crippen molar-refractivity contribution in [1.82, 2.24) is 0 Å². The van der Waals surface area contributed by atoms with Crippen molar-refractivity contribution in [1.29, 1.82) is 0 Å². The predicted octanol–water partition coefficient (Wildman–Crippen LogP) is 3.87. The second kappa shape index (κ2) is 5.58.